The molecule has 0 heterocycles. The Morgan fingerprint density at radius 2 is 2.20 bits per heavy atom. The normalized spacial score (nSPS) is 11.8. The number of hydrogen-bond donors (Lipinski definition) is 3. The maximum absolute atomic E-state index is 11.5. The Kier molecular flexibility index (Phi) is 7.84. The van der Waals surface area contributed by atoms with E-state index in [1.165, 1.54) is 0 Å². The summed E-state index contributed by atoms with van der Waals surface area (Å²) in [4.78, 5) is 11.5. The molecule has 0 spiro atoms. The molecule has 0 aromatic heterocycles. The zero-order chi connectivity index (χ0) is 14.8. The molecule has 0 fully saturated rings. The summed E-state index contributed by atoms with van der Waals surface area (Å²) < 4.78 is 5.45. The Bertz CT molecular complexity index is 415. The van der Waals surface area contributed by atoms with E-state index >= 15 is 0 Å². The summed E-state index contributed by atoms with van der Waals surface area (Å²) in [5.41, 5.74) is 0. The summed E-state index contributed by atoms with van der Waals surface area (Å²) in [6, 6.07) is 6.99. The molecule has 0 aliphatic heterocycles. The van der Waals surface area contributed by atoms with E-state index < -0.39 is 0 Å². The lowest BCUT2D eigenvalue weighted by atomic mass is 10.2. The molecule has 20 heavy (non-hydrogen) atoms. The van der Waals surface area contributed by atoms with Crippen molar-refractivity contribution in [1.29, 1.82) is 0 Å². The van der Waals surface area contributed by atoms with Gasteiger partial charge in [0.15, 0.2) is 0 Å². The van der Waals surface area contributed by atoms with Crippen LogP contribution >= 0.6 is 11.6 Å². The third-order valence-corrected chi connectivity index (χ3v) is 2.97. The molecule has 1 atom stereocenters. The van der Waals surface area contributed by atoms with Crippen LogP contribution in [0.5, 0.6) is 5.75 Å². The van der Waals surface area contributed by atoms with E-state index in [0.717, 1.165) is 6.42 Å². The van der Waals surface area contributed by atoms with E-state index in [2.05, 4.69) is 10.6 Å². The number of ether oxygens (including phenoxy) is 1. The molecular formula is C14H21ClN2O3. The van der Waals surface area contributed by atoms with Gasteiger partial charge in [0.2, 0.25) is 0 Å². The highest BCUT2D eigenvalue weighted by atomic mass is 35.5. The van der Waals surface area contributed by atoms with Crippen LogP contribution in [0, 0.1) is 0 Å². The van der Waals surface area contributed by atoms with Crippen LogP contribution in [-0.4, -0.2) is 36.9 Å². The minimum atomic E-state index is -0.238. The standard InChI is InChI=1S/C14H21ClN2O3/c1-11(5-4-9-18)17-14(19)16-8-10-20-13-7-3-2-6-12(13)15/h2-3,6-7,11,18H,4-5,8-10H2,1H3,(H2,16,17,19). The molecule has 1 unspecified atom stereocenters. The van der Waals surface area contributed by atoms with Crippen LogP contribution in [-0.2, 0) is 0 Å². The second-order valence-electron chi connectivity index (χ2n) is 4.45. The number of carbonyl (C=O) groups is 1. The van der Waals surface area contributed by atoms with Crippen molar-refractivity contribution in [2.24, 2.45) is 0 Å². The molecule has 0 saturated heterocycles. The predicted octanol–water partition coefficient (Wildman–Crippen LogP) is 2.18. The van der Waals surface area contributed by atoms with Gasteiger partial charge in [-0.25, -0.2) is 4.79 Å². The van der Waals surface area contributed by atoms with Gasteiger partial charge in [0.25, 0.3) is 0 Å². The summed E-state index contributed by atoms with van der Waals surface area (Å²) in [5.74, 6) is 0.604. The fourth-order valence-electron chi connectivity index (χ4n) is 1.63. The summed E-state index contributed by atoms with van der Waals surface area (Å²) in [6.07, 6.45) is 1.43. The maximum Gasteiger partial charge on any atom is 0.315 e. The van der Waals surface area contributed by atoms with E-state index in [4.69, 9.17) is 21.4 Å². The number of amides is 2. The number of nitrogens with one attached hydrogen (secondary N) is 2. The van der Waals surface area contributed by atoms with Crippen molar-refractivity contribution < 1.29 is 14.6 Å². The predicted molar refractivity (Wildman–Crippen MR) is 79.3 cm³/mol. The van der Waals surface area contributed by atoms with Gasteiger partial charge in [-0.2, -0.15) is 0 Å². The molecule has 0 bridgehead atoms. The van der Waals surface area contributed by atoms with Gasteiger partial charge in [0.05, 0.1) is 11.6 Å². The SMILES string of the molecule is CC(CCCO)NC(=O)NCCOc1ccccc1Cl. The molecule has 3 N–H and O–H groups in total. The summed E-state index contributed by atoms with van der Waals surface area (Å²) >= 11 is 5.94. The monoisotopic (exact) mass is 300 g/mol. The first kappa shape index (κ1) is 16.6. The Morgan fingerprint density at radius 1 is 1.45 bits per heavy atom. The van der Waals surface area contributed by atoms with Crippen LogP contribution in [0.15, 0.2) is 24.3 Å². The molecule has 6 heteroatoms. The zero-order valence-corrected chi connectivity index (χ0v) is 12.3. The largest absolute Gasteiger partial charge is 0.490 e. The van der Waals surface area contributed by atoms with Crippen molar-refractivity contribution in [1.82, 2.24) is 10.6 Å². The van der Waals surface area contributed by atoms with Crippen molar-refractivity contribution in [3.05, 3.63) is 29.3 Å². The van der Waals surface area contributed by atoms with Crippen LogP contribution in [0.2, 0.25) is 5.02 Å². The molecule has 1 aromatic carbocycles. The van der Waals surface area contributed by atoms with Gasteiger partial charge in [-0.15, -0.1) is 0 Å². The Balaban J connectivity index is 2.15. The number of halogens is 1. The number of urea groups is 1. The van der Waals surface area contributed by atoms with Crippen molar-refractivity contribution in [2.45, 2.75) is 25.8 Å². The summed E-state index contributed by atoms with van der Waals surface area (Å²) in [7, 11) is 0. The van der Waals surface area contributed by atoms with Gasteiger partial charge in [0.1, 0.15) is 12.4 Å². The molecule has 0 saturated carbocycles. The Labute approximate surface area is 124 Å². The van der Waals surface area contributed by atoms with Gasteiger partial charge >= 0.3 is 6.03 Å². The first-order valence-corrected chi connectivity index (χ1v) is 7.04. The van der Waals surface area contributed by atoms with E-state index in [9.17, 15) is 4.79 Å². The lowest BCUT2D eigenvalue weighted by Gasteiger charge is -2.14. The van der Waals surface area contributed by atoms with Crippen molar-refractivity contribution in [3.63, 3.8) is 0 Å². The number of para-hydroxylation sites is 1. The molecule has 1 rings (SSSR count). The third-order valence-electron chi connectivity index (χ3n) is 2.65. The first-order valence-electron chi connectivity index (χ1n) is 6.66. The molecule has 2 amide bonds. The van der Waals surface area contributed by atoms with Gasteiger partial charge in [-0.1, -0.05) is 23.7 Å². The van der Waals surface area contributed by atoms with Crippen LogP contribution < -0.4 is 15.4 Å². The fraction of sp³-hybridized carbons (Fsp3) is 0.500. The molecule has 0 radical (unpaired) electrons. The van der Waals surface area contributed by atoms with E-state index in [1.807, 2.05) is 19.1 Å². The van der Waals surface area contributed by atoms with E-state index in [1.54, 1.807) is 12.1 Å². The minimum absolute atomic E-state index is 0.0339. The number of hydrogen-bond acceptors (Lipinski definition) is 3. The Hall–Kier alpha value is -1.46. The van der Waals surface area contributed by atoms with E-state index in [-0.39, 0.29) is 18.7 Å². The zero-order valence-electron chi connectivity index (χ0n) is 11.6. The highest BCUT2D eigenvalue weighted by molar-refractivity contribution is 6.32. The van der Waals surface area contributed by atoms with Crippen molar-refractivity contribution in [2.75, 3.05) is 19.8 Å². The molecule has 112 valence electrons. The van der Waals surface area contributed by atoms with Crippen LogP contribution in [0.4, 0.5) is 4.79 Å². The number of aliphatic hydroxyl groups is 1. The quantitative estimate of drug-likeness (QED) is 0.644. The second kappa shape index (κ2) is 9.44. The smallest absolute Gasteiger partial charge is 0.315 e. The molecular weight excluding hydrogens is 280 g/mol. The van der Waals surface area contributed by atoms with Gasteiger partial charge in [-0.3, -0.25) is 0 Å². The topological polar surface area (TPSA) is 70.6 Å². The molecule has 0 aliphatic carbocycles. The van der Waals surface area contributed by atoms with Crippen molar-refractivity contribution in [3.8, 4) is 5.75 Å². The van der Waals surface area contributed by atoms with Crippen LogP contribution in [0.1, 0.15) is 19.8 Å². The Morgan fingerprint density at radius 3 is 2.90 bits per heavy atom. The average Bonchev–Trinajstić information content (AvgIpc) is 2.43. The highest BCUT2D eigenvalue weighted by Gasteiger charge is 2.06. The van der Waals surface area contributed by atoms with Crippen LogP contribution in [0.25, 0.3) is 0 Å². The number of rotatable bonds is 8. The fourth-order valence-corrected chi connectivity index (χ4v) is 1.82. The first-order chi connectivity index (χ1) is 9.63. The molecule has 5 nitrogen and oxygen atoms in total. The summed E-state index contributed by atoms with van der Waals surface area (Å²) in [6.45, 7) is 2.78. The van der Waals surface area contributed by atoms with Gasteiger partial charge in [-0.05, 0) is 31.9 Å². The molecule has 0 aliphatic rings. The van der Waals surface area contributed by atoms with E-state index in [0.29, 0.717) is 30.3 Å². The van der Waals surface area contributed by atoms with Crippen molar-refractivity contribution >= 4 is 17.6 Å². The number of carbonyl (C=O) groups excluding carboxylic acids is 1. The minimum Gasteiger partial charge on any atom is -0.490 e. The number of benzene rings is 1. The lowest BCUT2D eigenvalue weighted by Crippen LogP contribution is -2.42. The maximum atomic E-state index is 11.5. The summed E-state index contributed by atoms with van der Waals surface area (Å²) in [5, 5.41) is 14.7. The second-order valence-corrected chi connectivity index (χ2v) is 4.85. The van der Waals surface area contributed by atoms with Gasteiger partial charge in [0, 0.05) is 12.6 Å². The lowest BCUT2D eigenvalue weighted by molar-refractivity contribution is 0.230. The van der Waals surface area contributed by atoms with Crippen LogP contribution in [0.3, 0.4) is 0 Å². The highest BCUT2D eigenvalue weighted by Crippen LogP contribution is 2.22. The van der Waals surface area contributed by atoms with Gasteiger partial charge < -0.3 is 20.5 Å². The average molecular weight is 301 g/mol. The number of aliphatic hydroxyl groups excluding tert-OH is 1. The third kappa shape index (κ3) is 6.63. The molecule has 1 aromatic rings.